The molecule has 5 heteroatoms. The molecule has 1 aliphatic heterocycles. The number of aryl methyl sites for hydroxylation is 2. The van der Waals surface area contributed by atoms with Gasteiger partial charge in [0.1, 0.15) is 0 Å². The number of anilines is 1. The van der Waals surface area contributed by atoms with Gasteiger partial charge in [-0.15, -0.1) is 0 Å². The number of hydrogen-bond donors (Lipinski definition) is 1. The van der Waals surface area contributed by atoms with Crippen LogP contribution in [0, 0.1) is 25.7 Å². The Morgan fingerprint density at radius 3 is 2.12 bits per heavy atom. The highest BCUT2D eigenvalue weighted by Crippen LogP contribution is 2.31. The lowest BCUT2D eigenvalue weighted by Crippen LogP contribution is -2.44. The molecule has 136 valence electrons. The van der Waals surface area contributed by atoms with Crippen LogP contribution in [0.15, 0.2) is 18.2 Å². The van der Waals surface area contributed by atoms with Crippen molar-refractivity contribution in [2.45, 2.75) is 39.5 Å². The zero-order chi connectivity index (χ0) is 17.8. The number of morpholine rings is 1. The second-order valence-electron chi connectivity index (χ2n) is 7.35. The van der Waals surface area contributed by atoms with Gasteiger partial charge in [0.2, 0.25) is 11.8 Å². The van der Waals surface area contributed by atoms with Crippen molar-refractivity contribution in [3.8, 4) is 0 Å². The number of nitrogens with one attached hydrogen (secondary N) is 1. The molecule has 2 aliphatic rings. The van der Waals surface area contributed by atoms with E-state index in [0.29, 0.717) is 26.3 Å². The van der Waals surface area contributed by atoms with Gasteiger partial charge in [0.05, 0.1) is 13.2 Å². The Bertz CT molecular complexity index is 610. The largest absolute Gasteiger partial charge is 0.378 e. The highest BCUT2D eigenvalue weighted by atomic mass is 16.5. The lowest BCUT2D eigenvalue weighted by Gasteiger charge is -2.33. The van der Waals surface area contributed by atoms with E-state index in [-0.39, 0.29) is 23.7 Å². The van der Waals surface area contributed by atoms with E-state index < -0.39 is 0 Å². The molecule has 1 N–H and O–H groups in total. The van der Waals surface area contributed by atoms with Crippen molar-refractivity contribution in [3.05, 3.63) is 29.3 Å². The minimum absolute atomic E-state index is 0.00885. The number of benzene rings is 1. The molecule has 0 spiro atoms. The van der Waals surface area contributed by atoms with Crippen molar-refractivity contribution in [3.63, 3.8) is 0 Å². The lowest BCUT2D eigenvalue weighted by atomic mass is 9.81. The van der Waals surface area contributed by atoms with Crippen LogP contribution in [0.4, 0.5) is 5.69 Å². The van der Waals surface area contributed by atoms with Crippen LogP contribution in [0.3, 0.4) is 0 Å². The van der Waals surface area contributed by atoms with E-state index in [9.17, 15) is 9.59 Å². The minimum atomic E-state index is 0.00885. The predicted octanol–water partition coefficient (Wildman–Crippen LogP) is 2.91. The molecule has 0 bridgehead atoms. The predicted molar refractivity (Wildman–Crippen MR) is 97.4 cm³/mol. The van der Waals surface area contributed by atoms with Crippen LogP contribution < -0.4 is 5.32 Å². The Morgan fingerprint density at radius 1 is 0.960 bits per heavy atom. The van der Waals surface area contributed by atoms with Gasteiger partial charge in [0.15, 0.2) is 0 Å². The summed E-state index contributed by atoms with van der Waals surface area (Å²) in [4.78, 5) is 27.0. The molecule has 2 fully saturated rings. The highest BCUT2D eigenvalue weighted by molar-refractivity contribution is 5.93. The minimum Gasteiger partial charge on any atom is -0.378 e. The van der Waals surface area contributed by atoms with Crippen molar-refractivity contribution in [2.75, 3.05) is 31.6 Å². The summed E-state index contributed by atoms with van der Waals surface area (Å²) >= 11 is 0. The van der Waals surface area contributed by atoms with Crippen LogP contribution in [0.2, 0.25) is 0 Å². The Balaban J connectivity index is 1.51. The summed E-state index contributed by atoms with van der Waals surface area (Å²) in [6.45, 7) is 6.74. The Kier molecular flexibility index (Phi) is 5.74. The van der Waals surface area contributed by atoms with Crippen LogP contribution in [-0.4, -0.2) is 43.0 Å². The van der Waals surface area contributed by atoms with Crippen LogP contribution in [0.25, 0.3) is 0 Å². The number of amides is 2. The maximum Gasteiger partial charge on any atom is 0.227 e. The normalized spacial score (nSPS) is 24.0. The smallest absolute Gasteiger partial charge is 0.227 e. The summed E-state index contributed by atoms with van der Waals surface area (Å²) in [6, 6.07) is 6.09. The lowest BCUT2D eigenvalue weighted by molar-refractivity contribution is -0.141. The van der Waals surface area contributed by atoms with E-state index in [4.69, 9.17) is 4.74 Å². The maximum absolute atomic E-state index is 12.6. The number of rotatable bonds is 3. The number of carbonyl (C=O) groups excluding carboxylic acids is 2. The number of carbonyl (C=O) groups is 2. The first-order valence-corrected chi connectivity index (χ1v) is 9.28. The molecule has 2 amide bonds. The zero-order valence-electron chi connectivity index (χ0n) is 15.2. The molecule has 1 saturated carbocycles. The Morgan fingerprint density at radius 2 is 1.52 bits per heavy atom. The molecule has 0 unspecified atom stereocenters. The number of ether oxygens (including phenoxy) is 1. The molecule has 0 atom stereocenters. The summed E-state index contributed by atoms with van der Waals surface area (Å²) < 4.78 is 5.31. The molecule has 0 aromatic heterocycles. The fraction of sp³-hybridized carbons (Fsp3) is 0.600. The molecular formula is C20H28N2O3. The van der Waals surface area contributed by atoms with Gasteiger partial charge in [0.25, 0.3) is 0 Å². The molecule has 1 saturated heterocycles. The molecule has 5 nitrogen and oxygen atoms in total. The van der Waals surface area contributed by atoms with Gasteiger partial charge >= 0.3 is 0 Å². The van der Waals surface area contributed by atoms with Gasteiger partial charge in [-0.25, -0.2) is 0 Å². The Hall–Kier alpha value is -1.88. The quantitative estimate of drug-likeness (QED) is 0.917. The zero-order valence-corrected chi connectivity index (χ0v) is 15.2. The monoisotopic (exact) mass is 344 g/mol. The summed E-state index contributed by atoms with van der Waals surface area (Å²) in [6.07, 6.45) is 3.19. The van der Waals surface area contributed by atoms with Gasteiger partial charge in [-0.3, -0.25) is 9.59 Å². The van der Waals surface area contributed by atoms with Crippen LogP contribution in [0.1, 0.15) is 36.8 Å². The maximum atomic E-state index is 12.6. The fourth-order valence-corrected chi connectivity index (χ4v) is 3.94. The van der Waals surface area contributed by atoms with E-state index in [0.717, 1.165) is 42.5 Å². The van der Waals surface area contributed by atoms with Gasteiger partial charge in [0, 0.05) is 30.6 Å². The van der Waals surface area contributed by atoms with E-state index in [2.05, 4.69) is 11.4 Å². The van der Waals surface area contributed by atoms with Gasteiger partial charge < -0.3 is 15.0 Å². The van der Waals surface area contributed by atoms with Crippen molar-refractivity contribution >= 4 is 17.5 Å². The second-order valence-corrected chi connectivity index (χ2v) is 7.35. The van der Waals surface area contributed by atoms with E-state index in [1.807, 2.05) is 30.9 Å². The van der Waals surface area contributed by atoms with Gasteiger partial charge in [-0.2, -0.15) is 0 Å². The first kappa shape index (κ1) is 17.9. The molecule has 3 rings (SSSR count). The van der Waals surface area contributed by atoms with Crippen molar-refractivity contribution in [1.29, 1.82) is 0 Å². The molecule has 1 aromatic rings. The molecular weight excluding hydrogens is 316 g/mol. The van der Waals surface area contributed by atoms with Crippen molar-refractivity contribution < 1.29 is 14.3 Å². The number of hydrogen-bond acceptors (Lipinski definition) is 3. The average Bonchev–Trinajstić information content (AvgIpc) is 2.61. The fourth-order valence-electron chi connectivity index (χ4n) is 3.94. The third kappa shape index (κ3) is 4.60. The average molecular weight is 344 g/mol. The third-order valence-corrected chi connectivity index (χ3v) is 5.26. The van der Waals surface area contributed by atoms with E-state index in [1.165, 1.54) is 0 Å². The molecule has 1 aliphatic carbocycles. The number of nitrogens with zero attached hydrogens (tertiary/aromatic N) is 1. The summed E-state index contributed by atoms with van der Waals surface area (Å²) in [5.74, 6) is 0.414. The molecule has 1 heterocycles. The van der Waals surface area contributed by atoms with Crippen LogP contribution in [0.5, 0.6) is 0 Å². The van der Waals surface area contributed by atoms with Crippen molar-refractivity contribution in [2.24, 2.45) is 11.8 Å². The molecule has 25 heavy (non-hydrogen) atoms. The summed E-state index contributed by atoms with van der Waals surface area (Å²) in [5, 5.41) is 3.05. The third-order valence-electron chi connectivity index (χ3n) is 5.26. The van der Waals surface area contributed by atoms with Crippen LogP contribution >= 0.6 is 0 Å². The summed E-state index contributed by atoms with van der Waals surface area (Å²) in [5.41, 5.74) is 3.17. The first-order chi connectivity index (χ1) is 12.0. The van der Waals surface area contributed by atoms with Gasteiger partial charge in [-0.1, -0.05) is 6.07 Å². The highest BCUT2D eigenvalue weighted by Gasteiger charge is 2.32. The molecule has 0 radical (unpaired) electrons. The van der Waals surface area contributed by atoms with E-state index >= 15 is 0 Å². The SMILES string of the molecule is Cc1cc(C)cc(NC(=O)C2CCC(C(=O)N3CCOCC3)CC2)c1. The van der Waals surface area contributed by atoms with Crippen LogP contribution in [-0.2, 0) is 14.3 Å². The Labute approximate surface area is 149 Å². The topological polar surface area (TPSA) is 58.6 Å². The van der Waals surface area contributed by atoms with Gasteiger partial charge in [-0.05, 0) is 62.8 Å². The van der Waals surface area contributed by atoms with Crippen molar-refractivity contribution in [1.82, 2.24) is 4.90 Å². The summed E-state index contributed by atoms with van der Waals surface area (Å²) in [7, 11) is 0. The second kappa shape index (κ2) is 8.00. The first-order valence-electron chi connectivity index (χ1n) is 9.28. The standard InChI is InChI=1S/C20H28N2O3/c1-14-11-15(2)13-18(12-14)21-19(23)16-3-5-17(6-4-16)20(24)22-7-9-25-10-8-22/h11-13,16-17H,3-10H2,1-2H3,(H,21,23). The molecule has 1 aromatic carbocycles. The van der Waals surface area contributed by atoms with E-state index in [1.54, 1.807) is 0 Å².